The fraction of sp³-hybridized carbons (Fsp3) is 0.562. The monoisotopic (exact) mass is 284 g/mol. The number of carbonyl (C=O) groups is 1. The van der Waals surface area contributed by atoms with Gasteiger partial charge in [-0.25, -0.2) is 8.78 Å². The largest absolute Gasteiger partial charge is 0.481 e. The third kappa shape index (κ3) is 4.58. The van der Waals surface area contributed by atoms with Crippen molar-refractivity contribution in [3.05, 3.63) is 35.4 Å². The topological polar surface area (TPSA) is 37.3 Å². The van der Waals surface area contributed by atoms with Gasteiger partial charge >= 0.3 is 5.97 Å². The van der Waals surface area contributed by atoms with Crippen LogP contribution in [0.25, 0.3) is 0 Å². The van der Waals surface area contributed by atoms with Crippen LogP contribution in [0.15, 0.2) is 24.3 Å². The lowest BCUT2D eigenvalue weighted by atomic mass is 9.92. The number of hydrogen-bond acceptors (Lipinski definition) is 1. The third-order valence-corrected chi connectivity index (χ3v) is 3.64. The maximum Gasteiger partial charge on any atom is 0.303 e. The van der Waals surface area contributed by atoms with Crippen molar-refractivity contribution in [1.82, 2.24) is 0 Å². The predicted octanol–water partition coefficient (Wildman–Crippen LogP) is 4.79. The molecule has 0 saturated carbocycles. The summed E-state index contributed by atoms with van der Waals surface area (Å²) in [5.74, 6) is -4.23. The van der Waals surface area contributed by atoms with Crippen LogP contribution in [-0.2, 0) is 10.7 Å². The molecule has 0 aliphatic carbocycles. The first-order valence-electron chi connectivity index (χ1n) is 6.96. The lowest BCUT2D eigenvalue weighted by molar-refractivity contribution is -0.138. The first kappa shape index (κ1) is 16.6. The van der Waals surface area contributed by atoms with Gasteiger partial charge in [0.15, 0.2) is 0 Å². The zero-order valence-electron chi connectivity index (χ0n) is 12.2. The molecule has 0 bridgehead atoms. The van der Waals surface area contributed by atoms with Crippen LogP contribution in [0.2, 0.25) is 0 Å². The molecule has 2 unspecified atom stereocenters. The number of hydrogen-bond donors (Lipinski definition) is 1. The van der Waals surface area contributed by atoms with Crippen LogP contribution in [0.4, 0.5) is 8.78 Å². The third-order valence-electron chi connectivity index (χ3n) is 3.64. The van der Waals surface area contributed by atoms with Crippen LogP contribution in [0, 0.1) is 5.92 Å². The normalized spacial score (nSPS) is 14.8. The number of halogens is 2. The number of carboxylic acids is 1. The number of aliphatic carboxylic acids is 1. The molecule has 0 fully saturated rings. The summed E-state index contributed by atoms with van der Waals surface area (Å²) in [5, 5.41) is 8.63. The van der Waals surface area contributed by atoms with Crippen molar-refractivity contribution < 1.29 is 18.7 Å². The van der Waals surface area contributed by atoms with Crippen molar-refractivity contribution in [2.24, 2.45) is 5.92 Å². The van der Waals surface area contributed by atoms with Gasteiger partial charge in [0.25, 0.3) is 5.92 Å². The standard InChI is InChI=1S/C16H22F2O2/c1-4-12(3)13-5-7-14(8-6-13)16(17,18)10-11(2)9-15(19)20/h5-8,11-12H,4,9-10H2,1-3H3,(H,19,20). The number of carboxylic acid groups (broad SMARTS) is 1. The molecule has 1 rings (SSSR count). The summed E-state index contributed by atoms with van der Waals surface area (Å²) in [6.45, 7) is 5.65. The van der Waals surface area contributed by atoms with E-state index >= 15 is 0 Å². The molecule has 1 aromatic carbocycles. The molecular weight excluding hydrogens is 262 g/mol. The van der Waals surface area contributed by atoms with E-state index < -0.39 is 24.2 Å². The van der Waals surface area contributed by atoms with Gasteiger partial charge in [-0.2, -0.15) is 0 Å². The highest BCUT2D eigenvalue weighted by molar-refractivity contribution is 5.66. The Morgan fingerprint density at radius 3 is 2.25 bits per heavy atom. The Bertz CT molecular complexity index is 440. The van der Waals surface area contributed by atoms with E-state index in [2.05, 4.69) is 13.8 Å². The van der Waals surface area contributed by atoms with Crippen molar-refractivity contribution >= 4 is 5.97 Å². The van der Waals surface area contributed by atoms with E-state index in [1.165, 1.54) is 19.1 Å². The maximum atomic E-state index is 14.1. The molecule has 112 valence electrons. The van der Waals surface area contributed by atoms with Crippen molar-refractivity contribution in [1.29, 1.82) is 0 Å². The van der Waals surface area contributed by atoms with Gasteiger partial charge in [-0.15, -0.1) is 0 Å². The van der Waals surface area contributed by atoms with E-state index in [9.17, 15) is 13.6 Å². The van der Waals surface area contributed by atoms with E-state index in [-0.39, 0.29) is 12.0 Å². The molecule has 1 N–H and O–H groups in total. The molecule has 2 atom stereocenters. The van der Waals surface area contributed by atoms with Crippen molar-refractivity contribution in [3.63, 3.8) is 0 Å². The minimum Gasteiger partial charge on any atom is -0.481 e. The van der Waals surface area contributed by atoms with E-state index in [1.54, 1.807) is 12.1 Å². The molecule has 0 aliphatic heterocycles. The summed E-state index contributed by atoms with van der Waals surface area (Å²) in [7, 11) is 0. The number of benzene rings is 1. The van der Waals surface area contributed by atoms with Crippen LogP contribution in [0.1, 0.15) is 57.1 Å². The first-order valence-corrected chi connectivity index (χ1v) is 6.96. The van der Waals surface area contributed by atoms with Gasteiger partial charge in [-0.05, 0) is 23.8 Å². The molecule has 0 spiro atoms. The van der Waals surface area contributed by atoms with Crippen LogP contribution >= 0.6 is 0 Å². The van der Waals surface area contributed by atoms with Gasteiger partial charge in [0.1, 0.15) is 0 Å². The van der Waals surface area contributed by atoms with Crippen LogP contribution in [0.5, 0.6) is 0 Å². The van der Waals surface area contributed by atoms with Gasteiger partial charge in [0.2, 0.25) is 0 Å². The SMILES string of the molecule is CCC(C)c1ccc(C(F)(F)CC(C)CC(=O)O)cc1. The maximum absolute atomic E-state index is 14.1. The summed E-state index contributed by atoms with van der Waals surface area (Å²) >= 11 is 0. The molecule has 20 heavy (non-hydrogen) atoms. The molecule has 0 saturated heterocycles. The molecule has 0 heterocycles. The van der Waals surface area contributed by atoms with Crippen molar-refractivity contribution in [2.45, 2.75) is 51.9 Å². The molecule has 0 aliphatic rings. The van der Waals surface area contributed by atoms with Gasteiger partial charge in [-0.1, -0.05) is 45.0 Å². The lowest BCUT2D eigenvalue weighted by Crippen LogP contribution is -2.19. The Morgan fingerprint density at radius 2 is 1.80 bits per heavy atom. The second kappa shape index (κ2) is 6.82. The van der Waals surface area contributed by atoms with Gasteiger partial charge in [-0.3, -0.25) is 4.79 Å². The highest BCUT2D eigenvalue weighted by atomic mass is 19.3. The Balaban J connectivity index is 2.79. The Kier molecular flexibility index (Phi) is 5.66. The van der Waals surface area contributed by atoms with E-state index in [4.69, 9.17) is 5.11 Å². The van der Waals surface area contributed by atoms with E-state index in [1.807, 2.05) is 0 Å². The summed E-state index contributed by atoms with van der Waals surface area (Å²) in [5.41, 5.74) is 1.01. The van der Waals surface area contributed by atoms with E-state index in [0.29, 0.717) is 5.92 Å². The average molecular weight is 284 g/mol. The minimum atomic E-state index is -2.98. The number of alkyl halides is 2. The Hall–Kier alpha value is -1.45. The zero-order chi connectivity index (χ0) is 15.3. The van der Waals surface area contributed by atoms with Gasteiger partial charge < -0.3 is 5.11 Å². The quantitative estimate of drug-likeness (QED) is 0.781. The molecular formula is C16H22F2O2. The summed E-state index contributed by atoms with van der Waals surface area (Å²) in [4.78, 5) is 10.5. The fourth-order valence-corrected chi connectivity index (χ4v) is 2.22. The first-order chi connectivity index (χ1) is 9.26. The molecule has 0 aromatic heterocycles. The van der Waals surface area contributed by atoms with Crippen molar-refractivity contribution in [3.8, 4) is 0 Å². The molecule has 4 heteroatoms. The lowest BCUT2D eigenvalue weighted by Gasteiger charge is -2.21. The average Bonchev–Trinajstić information content (AvgIpc) is 2.36. The molecule has 0 amide bonds. The Morgan fingerprint density at radius 1 is 1.25 bits per heavy atom. The molecule has 1 aromatic rings. The minimum absolute atomic E-state index is 0.0400. The molecule has 0 radical (unpaired) electrons. The zero-order valence-corrected chi connectivity index (χ0v) is 12.2. The Labute approximate surface area is 118 Å². The molecule has 2 nitrogen and oxygen atoms in total. The predicted molar refractivity (Wildman–Crippen MR) is 75.1 cm³/mol. The summed E-state index contributed by atoms with van der Waals surface area (Å²) in [6.07, 6.45) is 0.286. The second-order valence-corrected chi connectivity index (χ2v) is 5.54. The van der Waals surface area contributed by atoms with Crippen LogP contribution in [-0.4, -0.2) is 11.1 Å². The van der Waals surface area contributed by atoms with Gasteiger partial charge in [0.05, 0.1) is 0 Å². The van der Waals surface area contributed by atoms with Crippen LogP contribution in [0.3, 0.4) is 0 Å². The highest BCUT2D eigenvalue weighted by Crippen LogP contribution is 2.36. The van der Waals surface area contributed by atoms with Crippen molar-refractivity contribution in [2.75, 3.05) is 0 Å². The van der Waals surface area contributed by atoms with Crippen LogP contribution < -0.4 is 0 Å². The van der Waals surface area contributed by atoms with E-state index in [0.717, 1.165) is 12.0 Å². The summed E-state index contributed by atoms with van der Waals surface area (Å²) < 4.78 is 28.2. The summed E-state index contributed by atoms with van der Waals surface area (Å²) in [6, 6.07) is 6.38. The smallest absolute Gasteiger partial charge is 0.303 e. The highest BCUT2D eigenvalue weighted by Gasteiger charge is 2.33. The fourth-order valence-electron chi connectivity index (χ4n) is 2.22. The second-order valence-electron chi connectivity index (χ2n) is 5.54. The number of rotatable bonds is 7. The van der Waals surface area contributed by atoms with Gasteiger partial charge in [0, 0.05) is 18.4 Å².